The fourth-order valence-electron chi connectivity index (χ4n) is 3.79. The molecule has 0 aromatic heterocycles. The lowest BCUT2D eigenvalue weighted by atomic mass is 10.1. The molecule has 1 heterocycles. The molecule has 2 aromatic carbocycles. The van der Waals surface area contributed by atoms with Crippen LogP contribution < -0.4 is 48.7 Å². The first-order valence-corrected chi connectivity index (χ1v) is 10.6. The Morgan fingerprint density at radius 3 is 1.97 bits per heavy atom. The van der Waals surface area contributed by atoms with Crippen molar-refractivity contribution in [3.8, 4) is 23.0 Å². The van der Waals surface area contributed by atoms with Gasteiger partial charge in [-0.1, -0.05) is 6.07 Å². The number of methoxy groups -OCH3 is 3. The molecule has 186 valence electrons. The van der Waals surface area contributed by atoms with Crippen LogP contribution in [0.25, 0.3) is 0 Å². The van der Waals surface area contributed by atoms with Crippen molar-refractivity contribution < 1.29 is 48.9 Å². The first-order chi connectivity index (χ1) is 14.9. The van der Waals surface area contributed by atoms with Crippen molar-refractivity contribution in [3.05, 3.63) is 41.5 Å². The minimum Gasteiger partial charge on any atom is -1.00 e. The molecule has 1 fully saturated rings. The predicted octanol–water partition coefficient (Wildman–Crippen LogP) is -3.10. The maximum absolute atomic E-state index is 10.5. The number of ether oxygens (including phenoxy) is 4. The van der Waals surface area contributed by atoms with E-state index in [0.717, 1.165) is 26.2 Å². The molecule has 0 saturated carbocycles. The average Bonchev–Trinajstić information content (AvgIpc) is 2.79. The predicted molar refractivity (Wildman–Crippen MR) is 122 cm³/mol. The maximum atomic E-state index is 10.5. The summed E-state index contributed by atoms with van der Waals surface area (Å²) in [7, 11) is 4.69. The summed E-state index contributed by atoms with van der Waals surface area (Å²) in [6.45, 7) is 8.77. The molecular formula is C24H34Cl2N2O5-2. The topological polar surface area (TPSA) is 63.6 Å². The Labute approximate surface area is 209 Å². The van der Waals surface area contributed by atoms with Gasteiger partial charge >= 0.3 is 0 Å². The minimum absolute atomic E-state index is 0. The first-order valence-electron chi connectivity index (χ1n) is 10.6. The standard InChI is InChI=1S/C24H34N2O5.2ClH/c1-17-6-7-19(12-18(17)2)26-10-8-25(9-11-26)15-20(27)16-31-21-13-22(28-3)24(30-5)23(14-21)29-4;;/h6-7,12-14,20,27H,8-11,15-16H2,1-5H3;2*1H/p-2. The highest BCUT2D eigenvalue weighted by Gasteiger charge is 2.21. The third-order valence-electron chi connectivity index (χ3n) is 5.78. The highest BCUT2D eigenvalue weighted by molar-refractivity contribution is 5.56. The molecule has 0 bridgehead atoms. The minimum atomic E-state index is -0.590. The van der Waals surface area contributed by atoms with Gasteiger partial charge in [-0.05, 0) is 37.1 Å². The van der Waals surface area contributed by atoms with Crippen molar-refractivity contribution in [2.75, 3.05) is 65.6 Å². The molecule has 1 atom stereocenters. The second kappa shape index (κ2) is 13.6. The van der Waals surface area contributed by atoms with Crippen LogP contribution in [-0.2, 0) is 0 Å². The van der Waals surface area contributed by atoms with E-state index < -0.39 is 6.10 Å². The summed E-state index contributed by atoms with van der Waals surface area (Å²) in [6, 6.07) is 10.1. The number of hydrogen-bond donors (Lipinski definition) is 1. The molecule has 0 radical (unpaired) electrons. The normalized spacial score (nSPS) is 14.5. The molecule has 0 amide bonds. The Hall–Kier alpha value is -2.06. The molecule has 3 rings (SSSR count). The summed E-state index contributed by atoms with van der Waals surface area (Å²) in [5.41, 5.74) is 3.91. The van der Waals surface area contributed by atoms with Crippen molar-refractivity contribution in [2.24, 2.45) is 0 Å². The van der Waals surface area contributed by atoms with Crippen LogP contribution in [0.2, 0.25) is 0 Å². The fraction of sp³-hybridized carbons (Fsp3) is 0.500. The van der Waals surface area contributed by atoms with Crippen molar-refractivity contribution in [3.63, 3.8) is 0 Å². The lowest BCUT2D eigenvalue weighted by molar-refractivity contribution is -0.001000. The summed E-state index contributed by atoms with van der Waals surface area (Å²) >= 11 is 0. The molecule has 9 heteroatoms. The number of piperazine rings is 1. The zero-order chi connectivity index (χ0) is 22.4. The van der Waals surface area contributed by atoms with Gasteiger partial charge < -0.3 is 53.8 Å². The van der Waals surface area contributed by atoms with Crippen molar-refractivity contribution >= 4 is 5.69 Å². The van der Waals surface area contributed by atoms with E-state index in [2.05, 4.69) is 41.8 Å². The molecule has 1 aliphatic rings. The number of hydrogen-bond acceptors (Lipinski definition) is 7. The second-order valence-electron chi connectivity index (χ2n) is 7.88. The Morgan fingerprint density at radius 1 is 0.848 bits per heavy atom. The van der Waals surface area contributed by atoms with Crippen molar-refractivity contribution in [1.82, 2.24) is 4.90 Å². The van der Waals surface area contributed by atoms with Gasteiger partial charge in [-0.2, -0.15) is 0 Å². The zero-order valence-electron chi connectivity index (χ0n) is 19.9. The van der Waals surface area contributed by atoms with E-state index >= 15 is 0 Å². The highest BCUT2D eigenvalue weighted by atomic mass is 35.5. The number of benzene rings is 2. The first kappa shape index (κ1) is 29.0. The van der Waals surface area contributed by atoms with Gasteiger partial charge in [-0.15, -0.1) is 0 Å². The maximum Gasteiger partial charge on any atom is 0.203 e. The third kappa shape index (κ3) is 7.47. The van der Waals surface area contributed by atoms with Crippen LogP contribution in [-0.4, -0.2) is 76.8 Å². The zero-order valence-corrected chi connectivity index (χ0v) is 21.4. The lowest BCUT2D eigenvalue weighted by Crippen LogP contribution is -3.00. The summed E-state index contributed by atoms with van der Waals surface area (Å²) in [5.74, 6) is 2.12. The van der Waals surface area contributed by atoms with Gasteiger partial charge in [0.05, 0.1) is 21.3 Å². The Balaban J connectivity index is 0.00000272. The number of nitrogens with zero attached hydrogens (tertiary/aromatic N) is 2. The van der Waals surface area contributed by atoms with Crippen LogP contribution in [0, 0.1) is 13.8 Å². The Morgan fingerprint density at radius 2 is 1.45 bits per heavy atom. The number of aliphatic hydroxyl groups excluding tert-OH is 1. The van der Waals surface area contributed by atoms with Gasteiger partial charge in [0.2, 0.25) is 5.75 Å². The van der Waals surface area contributed by atoms with Gasteiger partial charge in [0.1, 0.15) is 18.5 Å². The van der Waals surface area contributed by atoms with Crippen LogP contribution in [0.4, 0.5) is 5.69 Å². The van der Waals surface area contributed by atoms with Crippen LogP contribution in [0.3, 0.4) is 0 Å². The van der Waals surface area contributed by atoms with E-state index in [0.29, 0.717) is 29.5 Å². The summed E-state index contributed by atoms with van der Waals surface area (Å²) in [6.07, 6.45) is -0.590. The van der Waals surface area contributed by atoms with E-state index in [-0.39, 0.29) is 31.4 Å². The quantitative estimate of drug-likeness (QED) is 0.391. The molecule has 1 unspecified atom stereocenters. The Bertz CT molecular complexity index is 851. The molecule has 33 heavy (non-hydrogen) atoms. The number of β-amino-alcohol motifs (C(OH)–C–C–N with tert-alkyl or cyclic N) is 1. The summed E-state index contributed by atoms with van der Waals surface area (Å²) < 4.78 is 21.8. The third-order valence-corrected chi connectivity index (χ3v) is 5.78. The Kier molecular flexibility index (Phi) is 11.9. The number of aryl methyl sites for hydroxylation is 2. The number of halogens is 2. The van der Waals surface area contributed by atoms with Gasteiger partial charge in [0.25, 0.3) is 0 Å². The van der Waals surface area contributed by atoms with Crippen molar-refractivity contribution in [2.45, 2.75) is 20.0 Å². The average molecular weight is 501 g/mol. The molecule has 1 saturated heterocycles. The smallest absolute Gasteiger partial charge is 0.203 e. The number of aliphatic hydroxyl groups is 1. The SMILES string of the molecule is COc1cc(OCC(O)CN2CCN(c3ccc(C)c(C)c3)CC2)cc(OC)c1OC.[Cl-].[Cl-]. The van der Waals surface area contributed by atoms with Crippen LogP contribution >= 0.6 is 0 Å². The molecular weight excluding hydrogens is 467 g/mol. The van der Waals surface area contributed by atoms with Crippen LogP contribution in [0.15, 0.2) is 30.3 Å². The summed E-state index contributed by atoms with van der Waals surface area (Å²) in [4.78, 5) is 4.68. The molecule has 1 N–H and O–H groups in total. The highest BCUT2D eigenvalue weighted by Crippen LogP contribution is 2.40. The molecule has 7 nitrogen and oxygen atoms in total. The fourth-order valence-corrected chi connectivity index (χ4v) is 3.79. The molecule has 2 aromatic rings. The van der Waals surface area contributed by atoms with Crippen molar-refractivity contribution in [1.29, 1.82) is 0 Å². The van der Waals surface area contributed by atoms with Gasteiger partial charge in [0.15, 0.2) is 11.5 Å². The van der Waals surface area contributed by atoms with Gasteiger partial charge in [-0.3, -0.25) is 4.90 Å². The second-order valence-corrected chi connectivity index (χ2v) is 7.88. The van der Waals surface area contributed by atoms with Crippen LogP contribution in [0.5, 0.6) is 23.0 Å². The molecule has 1 aliphatic heterocycles. The molecule has 0 spiro atoms. The molecule has 0 aliphatic carbocycles. The van der Waals surface area contributed by atoms with E-state index in [1.807, 2.05) is 0 Å². The largest absolute Gasteiger partial charge is 1.00 e. The number of rotatable bonds is 9. The van der Waals surface area contributed by atoms with E-state index in [1.54, 1.807) is 33.5 Å². The van der Waals surface area contributed by atoms with E-state index in [1.165, 1.54) is 16.8 Å². The van der Waals surface area contributed by atoms with E-state index in [9.17, 15) is 5.11 Å². The van der Waals surface area contributed by atoms with Gasteiger partial charge in [0, 0.05) is 50.5 Å². The number of anilines is 1. The summed E-state index contributed by atoms with van der Waals surface area (Å²) in [5, 5.41) is 10.5. The van der Waals surface area contributed by atoms with Gasteiger partial charge in [-0.25, -0.2) is 0 Å². The monoisotopic (exact) mass is 500 g/mol. The lowest BCUT2D eigenvalue weighted by Gasteiger charge is -2.37. The van der Waals surface area contributed by atoms with Crippen LogP contribution in [0.1, 0.15) is 11.1 Å². The van der Waals surface area contributed by atoms with E-state index in [4.69, 9.17) is 18.9 Å².